The highest BCUT2D eigenvalue weighted by Gasteiger charge is 2.53. The molecule has 0 radical (unpaired) electrons. The molecule has 1 heterocycles. The van der Waals surface area contributed by atoms with Crippen LogP contribution in [0.5, 0.6) is 0 Å². The molecular formula is C15H22O3. The number of hydrogen-bond donors (Lipinski definition) is 0. The van der Waals surface area contributed by atoms with Gasteiger partial charge in [-0.1, -0.05) is 19.9 Å². The van der Waals surface area contributed by atoms with Crippen LogP contribution in [0.4, 0.5) is 0 Å². The van der Waals surface area contributed by atoms with Crippen molar-refractivity contribution >= 4 is 5.78 Å². The minimum Gasteiger partial charge on any atom is -0.353 e. The number of ether oxygens (including phenoxy) is 2. The van der Waals surface area contributed by atoms with Gasteiger partial charge in [0.2, 0.25) is 0 Å². The van der Waals surface area contributed by atoms with Crippen molar-refractivity contribution in [1.29, 1.82) is 0 Å². The highest BCUT2D eigenvalue weighted by atomic mass is 16.7. The minimum atomic E-state index is -0.0413. The Bertz CT molecular complexity index is 357. The smallest absolute Gasteiger partial charge is 0.158 e. The lowest BCUT2D eigenvalue weighted by Crippen LogP contribution is -2.57. The normalized spacial score (nSPS) is 47.6. The molecule has 0 bridgehead atoms. The molecule has 2 fully saturated rings. The monoisotopic (exact) mass is 250 g/mol. The minimum absolute atomic E-state index is 0.0413. The first-order chi connectivity index (χ1) is 8.68. The zero-order valence-electron chi connectivity index (χ0n) is 11.2. The van der Waals surface area contributed by atoms with Gasteiger partial charge in [-0.25, -0.2) is 0 Å². The van der Waals surface area contributed by atoms with Crippen molar-refractivity contribution in [3.63, 3.8) is 0 Å². The Hall–Kier alpha value is -0.670. The predicted molar refractivity (Wildman–Crippen MR) is 67.9 cm³/mol. The van der Waals surface area contributed by atoms with Crippen LogP contribution in [0.3, 0.4) is 0 Å². The maximum Gasteiger partial charge on any atom is 0.158 e. The van der Waals surface area contributed by atoms with Gasteiger partial charge in [-0.2, -0.15) is 0 Å². The molecule has 2 aliphatic carbocycles. The van der Waals surface area contributed by atoms with Gasteiger partial charge in [0.15, 0.2) is 12.1 Å². The van der Waals surface area contributed by atoms with E-state index in [0.717, 1.165) is 19.4 Å². The SMILES string of the molecule is C[C@@H]1[C@@H]2C=CC(=O)[C@H](C)[C@@H]2[C@H]1OC1CCCCO1. The van der Waals surface area contributed by atoms with Gasteiger partial charge in [0.25, 0.3) is 0 Å². The number of hydrogen-bond acceptors (Lipinski definition) is 3. The molecule has 0 aromatic rings. The summed E-state index contributed by atoms with van der Waals surface area (Å²) in [6.45, 7) is 5.07. The van der Waals surface area contributed by atoms with E-state index in [9.17, 15) is 4.79 Å². The molecule has 0 amide bonds. The van der Waals surface area contributed by atoms with Crippen molar-refractivity contribution in [2.24, 2.45) is 23.7 Å². The molecule has 100 valence electrons. The van der Waals surface area contributed by atoms with Crippen LogP contribution in [-0.2, 0) is 14.3 Å². The molecule has 1 unspecified atom stereocenters. The third-order valence-electron chi connectivity index (χ3n) is 4.90. The number of allylic oxidation sites excluding steroid dienone is 2. The zero-order chi connectivity index (χ0) is 12.7. The molecule has 3 rings (SSSR count). The molecule has 3 nitrogen and oxygen atoms in total. The van der Waals surface area contributed by atoms with Gasteiger partial charge in [0.1, 0.15) is 0 Å². The Morgan fingerprint density at radius 3 is 2.89 bits per heavy atom. The van der Waals surface area contributed by atoms with Crippen molar-refractivity contribution < 1.29 is 14.3 Å². The number of ketones is 1. The summed E-state index contributed by atoms with van der Waals surface area (Å²) in [5.74, 6) is 1.74. The number of fused-ring (bicyclic) bond motifs is 1. The van der Waals surface area contributed by atoms with Crippen LogP contribution in [-0.4, -0.2) is 24.8 Å². The van der Waals surface area contributed by atoms with E-state index in [1.54, 1.807) is 6.08 Å². The number of rotatable bonds is 2. The van der Waals surface area contributed by atoms with Gasteiger partial charge >= 0.3 is 0 Å². The summed E-state index contributed by atoms with van der Waals surface area (Å²) in [5, 5.41) is 0. The standard InChI is InChI=1S/C15H22O3/c1-9-11-6-7-12(16)10(2)14(11)15(9)18-13-5-3-4-8-17-13/h6-7,9-11,13-15H,3-5,8H2,1-2H3/t9-,10+,11+,13?,14+,15+/m1/s1. The van der Waals surface area contributed by atoms with Crippen LogP contribution in [0, 0.1) is 23.7 Å². The average molecular weight is 250 g/mol. The van der Waals surface area contributed by atoms with Gasteiger partial charge in [0, 0.05) is 18.4 Å². The molecule has 3 heteroatoms. The summed E-state index contributed by atoms with van der Waals surface area (Å²) < 4.78 is 11.8. The summed E-state index contributed by atoms with van der Waals surface area (Å²) in [5.41, 5.74) is 0. The third kappa shape index (κ3) is 1.94. The molecule has 0 aromatic carbocycles. The van der Waals surface area contributed by atoms with E-state index < -0.39 is 0 Å². The second kappa shape index (κ2) is 4.78. The maximum atomic E-state index is 11.8. The van der Waals surface area contributed by atoms with Gasteiger partial charge < -0.3 is 9.47 Å². The van der Waals surface area contributed by atoms with E-state index in [1.807, 2.05) is 6.92 Å². The quantitative estimate of drug-likeness (QED) is 0.755. The van der Waals surface area contributed by atoms with Gasteiger partial charge in [-0.15, -0.1) is 0 Å². The molecule has 3 aliphatic rings. The molecule has 0 aromatic heterocycles. The van der Waals surface area contributed by atoms with Gasteiger partial charge in [-0.05, 0) is 37.2 Å². The second-order valence-corrected chi connectivity index (χ2v) is 5.96. The van der Waals surface area contributed by atoms with Crippen LogP contribution in [0.25, 0.3) is 0 Å². The largest absolute Gasteiger partial charge is 0.353 e. The topological polar surface area (TPSA) is 35.5 Å². The van der Waals surface area contributed by atoms with E-state index in [4.69, 9.17) is 9.47 Å². The van der Waals surface area contributed by atoms with Crippen molar-refractivity contribution in [2.75, 3.05) is 6.61 Å². The summed E-state index contributed by atoms with van der Waals surface area (Å²) in [4.78, 5) is 11.8. The molecule has 1 saturated carbocycles. The van der Waals surface area contributed by atoms with Crippen LogP contribution >= 0.6 is 0 Å². The Morgan fingerprint density at radius 1 is 1.33 bits per heavy atom. The molecule has 1 aliphatic heterocycles. The summed E-state index contributed by atoms with van der Waals surface area (Å²) in [6.07, 6.45) is 7.33. The maximum absolute atomic E-state index is 11.8. The molecule has 0 spiro atoms. The lowest BCUT2D eigenvalue weighted by Gasteiger charge is -2.53. The Balaban J connectivity index is 1.66. The first kappa shape index (κ1) is 12.4. The van der Waals surface area contributed by atoms with Gasteiger partial charge in [0.05, 0.1) is 6.10 Å². The van der Waals surface area contributed by atoms with E-state index in [2.05, 4.69) is 13.0 Å². The summed E-state index contributed by atoms with van der Waals surface area (Å²) >= 11 is 0. The fraction of sp³-hybridized carbons (Fsp3) is 0.800. The predicted octanol–water partition coefficient (Wildman–Crippen LogP) is 2.56. The van der Waals surface area contributed by atoms with Crippen molar-refractivity contribution in [3.8, 4) is 0 Å². The highest BCUT2D eigenvalue weighted by Crippen LogP contribution is 2.50. The first-order valence-electron chi connectivity index (χ1n) is 7.17. The van der Waals surface area contributed by atoms with E-state index in [0.29, 0.717) is 17.8 Å². The lowest BCUT2D eigenvalue weighted by atomic mass is 9.56. The third-order valence-corrected chi connectivity index (χ3v) is 4.90. The fourth-order valence-corrected chi connectivity index (χ4v) is 3.67. The average Bonchev–Trinajstić information content (AvgIpc) is 2.40. The van der Waals surface area contributed by atoms with E-state index in [-0.39, 0.29) is 24.1 Å². The Morgan fingerprint density at radius 2 is 2.17 bits per heavy atom. The molecule has 6 atom stereocenters. The molecular weight excluding hydrogens is 228 g/mol. The Labute approximate surface area is 109 Å². The van der Waals surface area contributed by atoms with Crippen molar-refractivity contribution in [3.05, 3.63) is 12.2 Å². The summed E-state index contributed by atoms with van der Waals surface area (Å²) in [7, 11) is 0. The lowest BCUT2D eigenvalue weighted by molar-refractivity contribution is -0.249. The second-order valence-electron chi connectivity index (χ2n) is 5.96. The van der Waals surface area contributed by atoms with Crippen molar-refractivity contribution in [2.45, 2.75) is 45.5 Å². The van der Waals surface area contributed by atoms with Crippen LogP contribution < -0.4 is 0 Å². The highest BCUT2D eigenvalue weighted by molar-refractivity contribution is 5.93. The molecule has 1 saturated heterocycles. The summed E-state index contributed by atoms with van der Waals surface area (Å²) in [6, 6.07) is 0. The van der Waals surface area contributed by atoms with Crippen LogP contribution in [0.15, 0.2) is 12.2 Å². The molecule has 18 heavy (non-hydrogen) atoms. The van der Waals surface area contributed by atoms with Crippen LogP contribution in [0.2, 0.25) is 0 Å². The van der Waals surface area contributed by atoms with E-state index >= 15 is 0 Å². The zero-order valence-corrected chi connectivity index (χ0v) is 11.2. The Kier molecular flexibility index (Phi) is 3.29. The first-order valence-corrected chi connectivity index (χ1v) is 7.17. The van der Waals surface area contributed by atoms with E-state index in [1.165, 1.54) is 6.42 Å². The number of carbonyl (C=O) groups excluding carboxylic acids is 1. The molecule has 0 N–H and O–H groups in total. The number of carbonyl (C=O) groups is 1. The van der Waals surface area contributed by atoms with Crippen LogP contribution in [0.1, 0.15) is 33.1 Å². The van der Waals surface area contributed by atoms with Crippen molar-refractivity contribution in [1.82, 2.24) is 0 Å². The fourth-order valence-electron chi connectivity index (χ4n) is 3.67. The van der Waals surface area contributed by atoms with Gasteiger partial charge in [-0.3, -0.25) is 4.79 Å².